The van der Waals surface area contributed by atoms with E-state index in [4.69, 9.17) is 0 Å². The van der Waals surface area contributed by atoms with Crippen LogP contribution in [0.1, 0.15) is 40.5 Å². The van der Waals surface area contributed by atoms with Gasteiger partial charge in [0.05, 0.1) is 0 Å². The van der Waals surface area contributed by atoms with Crippen LogP contribution >= 0.6 is 0 Å². The van der Waals surface area contributed by atoms with Crippen molar-refractivity contribution < 1.29 is 0 Å². The lowest BCUT2D eigenvalue weighted by Gasteiger charge is -2.25. The molecular formula is C14H22. The van der Waals surface area contributed by atoms with Crippen molar-refractivity contribution in [2.45, 2.75) is 40.5 Å². The number of hydrogen-bond acceptors (Lipinski definition) is 0. The fourth-order valence-electron chi connectivity index (χ4n) is 1.88. The van der Waals surface area contributed by atoms with Crippen LogP contribution in [0.25, 0.3) is 0 Å². The van der Waals surface area contributed by atoms with Gasteiger partial charge in [-0.3, -0.25) is 0 Å². The summed E-state index contributed by atoms with van der Waals surface area (Å²) in [5, 5.41) is 0. The first kappa shape index (κ1) is 11.3. The summed E-state index contributed by atoms with van der Waals surface area (Å²) in [5.74, 6) is 0.799. The number of allylic oxidation sites excluding steroid dienone is 6. The molecule has 0 saturated carbocycles. The van der Waals surface area contributed by atoms with Crippen LogP contribution in [0.5, 0.6) is 0 Å². The minimum atomic E-state index is 0.254. The van der Waals surface area contributed by atoms with Gasteiger partial charge in [0.1, 0.15) is 0 Å². The highest BCUT2D eigenvalue weighted by atomic mass is 14.2. The van der Waals surface area contributed by atoms with Crippen LogP contribution in [-0.4, -0.2) is 0 Å². The minimum Gasteiger partial charge on any atom is -0.0748 e. The van der Waals surface area contributed by atoms with Gasteiger partial charge in [-0.25, -0.2) is 0 Å². The van der Waals surface area contributed by atoms with Crippen molar-refractivity contribution in [2.75, 3.05) is 0 Å². The quantitative estimate of drug-likeness (QED) is 0.614. The summed E-state index contributed by atoms with van der Waals surface area (Å²) >= 11 is 0. The Morgan fingerprint density at radius 3 is 2.71 bits per heavy atom. The van der Waals surface area contributed by atoms with E-state index >= 15 is 0 Å². The van der Waals surface area contributed by atoms with Gasteiger partial charge in [0.2, 0.25) is 0 Å². The normalized spacial score (nSPS) is 28.4. The molecule has 0 aromatic heterocycles. The minimum absolute atomic E-state index is 0.254. The van der Waals surface area contributed by atoms with Crippen LogP contribution in [0.4, 0.5) is 0 Å². The smallest absolute Gasteiger partial charge is 0.00415 e. The van der Waals surface area contributed by atoms with Gasteiger partial charge in [0, 0.05) is 5.41 Å². The Morgan fingerprint density at radius 2 is 2.07 bits per heavy atom. The third-order valence-electron chi connectivity index (χ3n) is 3.05. The lowest BCUT2D eigenvalue weighted by atomic mass is 9.80. The molecule has 2 unspecified atom stereocenters. The Kier molecular flexibility index (Phi) is 3.74. The van der Waals surface area contributed by atoms with Crippen LogP contribution in [0.2, 0.25) is 0 Å². The molecular weight excluding hydrogens is 168 g/mol. The Labute approximate surface area is 88.4 Å². The molecule has 2 atom stereocenters. The van der Waals surface area contributed by atoms with Gasteiger partial charge in [-0.1, -0.05) is 63.1 Å². The highest BCUT2D eigenvalue weighted by molar-refractivity contribution is 5.29. The second-order valence-electron chi connectivity index (χ2n) is 4.83. The summed E-state index contributed by atoms with van der Waals surface area (Å²) in [7, 11) is 0. The molecule has 1 rings (SSSR count). The topological polar surface area (TPSA) is 0 Å². The molecule has 0 aromatic carbocycles. The lowest BCUT2D eigenvalue weighted by Crippen LogP contribution is -2.13. The van der Waals surface area contributed by atoms with E-state index in [0.29, 0.717) is 0 Å². The van der Waals surface area contributed by atoms with E-state index in [1.54, 1.807) is 0 Å². The maximum absolute atomic E-state index is 2.34. The summed E-state index contributed by atoms with van der Waals surface area (Å²) in [6.07, 6.45) is 13.8. The number of rotatable bonds is 3. The summed E-state index contributed by atoms with van der Waals surface area (Å²) in [6.45, 7) is 9.06. The largest absolute Gasteiger partial charge is 0.0748 e. The second kappa shape index (κ2) is 4.63. The van der Waals surface area contributed by atoms with Crippen LogP contribution in [0.15, 0.2) is 36.0 Å². The standard InChI is InChI=1S/C14H22/c1-5-12(2)11-14(4)9-6-7-13(3)8-10-14/h6-10,12H,5,11H2,1-4H3. The fourth-order valence-corrected chi connectivity index (χ4v) is 1.88. The molecule has 0 saturated heterocycles. The van der Waals surface area contributed by atoms with E-state index in [9.17, 15) is 0 Å². The molecule has 0 heterocycles. The summed E-state index contributed by atoms with van der Waals surface area (Å²) in [6, 6.07) is 0. The van der Waals surface area contributed by atoms with Crippen molar-refractivity contribution in [3.8, 4) is 0 Å². The van der Waals surface area contributed by atoms with Gasteiger partial charge in [-0.15, -0.1) is 0 Å². The summed E-state index contributed by atoms with van der Waals surface area (Å²) in [5.41, 5.74) is 1.60. The maximum atomic E-state index is 2.34. The molecule has 14 heavy (non-hydrogen) atoms. The summed E-state index contributed by atoms with van der Waals surface area (Å²) < 4.78 is 0. The molecule has 0 heteroatoms. The molecule has 1 aliphatic rings. The molecule has 0 nitrogen and oxygen atoms in total. The molecule has 0 radical (unpaired) electrons. The third kappa shape index (κ3) is 3.17. The first-order valence-electron chi connectivity index (χ1n) is 5.61. The molecule has 0 spiro atoms. The Morgan fingerprint density at radius 1 is 1.36 bits per heavy atom. The number of hydrogen-bond donors (Lipinski definition) is 0. The first-order chi connectivity index (χ1) is 6.56. The van der Waals surface area contributed by atoms with Gasteiger partial charge < -0.3 is 0 Å². The van der Waals surface area contributed by atoms with Crippen LogP contribution in [0, 0.1) is 11.3 Å². The van der Waals surface area contributed by atoms with E-state index in [1.807, 2.05) is 0 Å². The predicted octanol–water partition coefficient (Wildman–Crippen LogP) is 4.50. The molecule has 0 aromatic rings. The van der Waals surface area contributed by atoms with Crippen molar-refractivity contribution in [2.24, 2.45) is 11.3 Å². The van der Waals surface area contributed by atoms with Gasteiger partial charge in [0.25, 0.3) is 0 Å². The average molecular weight is 190 g/mol. The SMILES string of the molecule is CCC(C)CC1(C)C=CC=C(C)C=C1. The highest BCUT2D eigenvalue weighted by Crippen LogP contribution is 2.32. The zero-order valence-electron chi connectivity index (χ0n) is 9.88. The van der Waals surface area contributed by atoms with E-state index in [2.05, 4.69) is 58.1 Å². The van der Waals surface area contributed by atoms with Crippen molar-refractivity contribution in [1.29, 1.82) is 0 Å². The maximum Gasteiger partial charge on any atom is 0.00415 e. The van der Waals surface area contributed by atoms with Crippen molar-refractivity contribution in [1.82, 2.24) is 0 Å². The van der Waals surface area contributed by atoms with E-state index < -0.39 is 0 Å². The lowest BCUT2D eigenvalue weighted by molar-refractivity contribution is 0.380. The zero-order chi connectivity index (χ0) is 10.6. The van der Waals surface area contributed by atoms with E-state index in [-0.39, 0.29) is 5.41 Å². The average Bonchev–Trinajstić information content (AvgIpc) is 2.29. The molecule has 78 valence electrons. The molecule has 0 bridgehead atoms. The molecule has 0 fully saturated rings. The van der Waals surface area contributed by atoms with Crippen molar-refractivity contribution >= 4 is 0 Å². The first-order valence-corrected chi connectivity index (χ1v) is 5.61. The zero-order valence-corrected chi connectivity index (χ0v) is 9.88. The monoisotopic (exact) mass is 190 g/mol. The molecule has 0 aliphatic heterocycles. The summed E-state index contributed by atoms with van der Waals surface area (Å²) in [4.78, 5) is 0. The molecule has 0 N–H and O–H groups in total. The molecule has 1 aliphatic carbocycles. The van der Waals surface area contributed by atoms with Gasteiger partial charge in [-0.05, 0) is 19.3 Å². The van der Waals surface area contributed by atoms with Crippen molar-refractivity contribution in [3.63, 3.8) is 0 Å². The fraction of sp³-hybridized carbons (Fsp3) is 0.571. The van der Waals surface area contributed by atoms with Gasteiger partial charge >= 0.3 is 0 Å². The molecule has 0 amide bonds. The van der Waals surface area contributed by atoms with E-state index in [1.165, 1.54) is 18.4 Å². The van der Waals surface area contributed by atoms with Crippen molar-refractivity contribution in [3.05, 3.63) is 36.0 Å². The van der Waals surface area contributed by atoms with Crippen LogP contribution in [0.3, 0.4) is 0 Å². The van der Waals surface area contributed by atoms with Crippen LogP contribution < -0.4 is 0 Å². The Hall–Kier alpha value is -0.780. The van der Waals surface area contributed by atoms with Gasteiger partial charge in [-0.2, -0.15) is 0 Å². The Bertz CT molecular complexity index is 268. The Balaban J connectivity index is 2.72. The van der Waals surface area contributed by atoms with Gasteiger partial charge in [0.15, 0.2) is 0 Å². The predicted molar refractivity (Wildman–Crippen MR) is 64.2 cm³/mol. The second-order valence-corrected chi connectivity index (χ2v) is 4.83. The third-order valence-corrected chi connectivity index (χ3v) is 3.05. The van der Waals surface area contributed by atoms with E-state index in [0.717, 1.165) is 5.92 Å². The van der Waals surface area contributed by atoms with Crippen LogP contribution in [-0.2, 0) is 0 Å². The highest BCUT2D eigenvalue weighted by Gasteiger charge is 2.20.